The molecule has 3 fully saturated rings. The predicted molar refractivity (Wildman–Crippen MR) is 133 cm³/mol. The highest BCUT2D eigenvalue weighted by Gasteiger charge is 2.39. The van der Waals surface area contributed by atoms with Crippen molar-refractivity contribution in [2.45, 2.75) is 56.4 Å². The molecule has 33 heavy (non-hydrogen) atoms. The predicted octanol–water partition coefficient (Wildman–Crippen LogP) is 5.04. The van der Waals surface area contributed by atoms with Crippen LogP contribution in [0.25, 0.3) is 0 Å². The first-order valence-corrected chi connectivity index (χ1v) is 13.5. The summed E-state index contributed by atoms with van der Waals surface area (Å²) in [6, 6.07) is 12.8. The molecule has 0 spiro atoms. The zero-order valence-electron chi connectivity index (χ0n) is 18.8. The van der Waals surface area contributed by atoms with Crippen LogP contribution in [-0.4, -0.2) is 60.2 Å². The highest BCUT2D eigenvalue weighted by Crippen LogP contribution is 2.38. The molecule has 6 rings (SSSR count). The third-order valence-corrected chi connectivity index (χ3v) is 9.15. The summed E-state index contributed by atoms with van der Waals surface area (Å²) in [5.41, 5.74) is 2.62. The highest BCUT2D eigenvalue weighted by molar-refractivity contribution is 8.00. The van der Waals surface area contributed by atoms with Gasteiger partial charge < -0.3 is 19.3 Å². The SMILES string of the molecule is CN1[C@@H]2CC[C@H]1C[C@@H](Oc1ccc(N3CCc4cc(OC5CSC5)ccc4C3=O)cc1Cl)C2. The van der Waals surface area contributed by atoms with Crippen molar-refractivity contribution < 1.29 is 14.3 Å². The van der Waals surface area contributed by atoms with Crippen molar-refractivity contribution in [2.75, 3.05) is 30.0 Å². The van der Waals surface area contributed by atoms with E-state index in [0.717, 1.165) is 59.1 Å². The number of hydrogen-bond donors (Lipinski definition) is 0. The molecule has 0 aliphatic carbocycles. The molecule has 0 aromatic heterocycles. The standard InChI is InChI=1S/C26H29ClN2O3S/c1-28-17-2-3-18(28)12-21(11-17)32-25-7-4-19(13-24(25)27)29-9-8-16-10-20(31-22-14-33-15-22)5-6-23(16)26(29)30/h4-7,10,13,17-18,21-22H,2-3,8-9,11-12,14-15H2,1H3/t17-,18+,21+. The molecular weight excluding hydrogens is 456 g/mol. The number of amides is 1. The number of benzene rings is 2. The van der Waals surface area contributed by atoms with Gasteiger partial charge in [-0.15, -0.1) is 0 Å². The Kier molecular flexibility index (Phi) is 5.71. The molecule has 7 heteroatoms. The minimum atomic E-state index is 0.0126. The molecule has 2 bridgehead atoms. The molecule has 0 saturated carbocycles. The third-order valence-electron chi connectivity index (χ3n) is 7.64. The van der Waals surface area contributed by atoms with Crippen molar-refractivity contribution >= 4 is 35.0 Å². The summed E-state index contributed by atoms with van der Waals surface area (Å²) >= 11 is 8.53. The molecule has 174 valence electrons. The van der Waals surface area contributed by atoms with Crippen LogP contribution in [0.1, 0.15) is 41.6 Å². The summed E-state index contributed by atoms with van der Waals surface area (Å²) in [5, 5.41) is 0.569. The van der Waals surface area contributed by atoms with Gasteiger partial charge in [0.1, 0.15) is 23.7 Å². The van der Waals surface area contributed by atoms with Crippen LogP contribution in [0.4, 0.5) is 5.69 Å². The lowest BCUT2D eigenvalue weighted by Gasteiger charge is -2.36. The summed E-state index contributed by atoms with van der Waals surface area (Å²) in [6.07, 6.45) is 5.94. The normalized spacial score (nSPS) is 27.3. The number of halogens is 1. The molecule has 3 saturated heterocycles. The van der Waals surface area contributed by atoms with Crippen LogP contribution < -0.4 is 14.4 Å². The van der Waals surface area contributed by atoms with Crippen LogP contribution >= 0.6 is 23.4 Å². The van der Waals surface area contributed by atoms with E-state index in [-0.39, 0.29) is 12.0 Å². The second-order valence-electron chi connectivity index (χ2n) is 9.68. The lowest BCUT2D eigenvalue weighted by Crippen LogP contribution is -2.43. The van der Waals surface area contributed by atoms with Gasteiger partial charge in [-0.05, 0) is 81.1 Å². The van der Waals surface area contributed by atoms with E-state index in [1.54, 1.807) is 0 Å². The van der Waals surface area contributed by atoms with Gasteiger partial charge in [0.15, 0.2) is 0 Å². The number of piperidine rings is 1. The van der Waals surface area contributed by atoms with E-state index in [0.29, 0.717) is 29.8 Å². The molecule has 1 amide bonds. The lowest BCUT2D eigenvalue weighted by atomic mass is 9.98. The molecule has 0 N–H and O–H groups in total. The topological polar surface area (TPSA) is 42.0 Å². The number of anilines is 1. The Bertz CT molecular complexity index is 1060. The maximum absolute atomic E-state index is 13.2. The lowest BCUT2D eigenvalue weighted by molar-refractivity contribution is 0.0662. The van der Waals surface area contributed by atoms with E-state index in [1.807, 2.05) is 53.1 Å². The van der Waals surface area contributed by atoms with Gasteiger partial charge in [-0.3, -0.25) is 4.79 Å². The maximum atomic E-state index is 13.2. The molecule has 2 aromatic rings. The molecule has 4 heterocycles. The van der Waals surface area contributed by atoms with Crippen LogP contribution in [-0.2, 0) is 6.42 Å². The fourth-order valence-corrected chi connectivity index (χ4v) is 6.43. The summed E-state index contributed by atoms with van der Waals surface area (Å²) in [4.78, 5) is 17.6. The van der Waals surface area contributed by atoms with Crippen LogP contribution in [0, 0.1) is 0 Å². The number of carbonyl (C=O) groups is 1. The van der Waals surface area contributed by atoms with E-state index in [9.17, 15) is 4.79 Å². The van der Waals surface area contributed by atoms with E-state index >= 15 is 0 Å². The average molecular weight is 485 g/mol. The molecule has 2 aromatic carbocycles. The van der Waals surface area contributed by atoms with Crippen LogP contribution in [0.15, 0.2) is 36.4 Å². The van der Waals surface area contributed by atoms with Crippen molar-refractivity contribution in [1.82, 2.24) is 4.90 Å². The summed E-state index contributed by atoms with van der Waals surface area (Å²) in [5.74, 6) is 3.69. The molecule has 0 radical (unpaired) electrons. The summed E-state index contributed by atoms with van der Waals surface area (Å²) < 4.78 is 12.3. The number of hydrogen-bond acceptors (Lipinski definition) is 5. The zero-order valence-corrected chi connectivity index (χ0v) is 20.4. The number of fused-ring (bicyclic) bond motifs is 3. The van der Waals surface area contributed by atoms with Gasteiger partial charge in [0, 0.05) is 41.4 Å². The first kappa shape index (κ1) is 21.6. The fraction of sp³-hybridized carbons (Fsp3) is 0.500. The van der Waals surface area contributed by atoms with E-state index in [4.69, 9.17) is 21.1 Å². The van der Waals surface area contributed by atoms with Crippen molar-refractivity contribution in [3.8, 4) is 11.5 Å². The van der Waals surface area contributed by atoms with Gasteiger partial charge in [0.05, 0.1) is 5.02 Å². The number of carbonyl (C=O) groups excluding carboxylic acids is 1. The van der Waals surface area contributed by atoms with Crippen molar-refractivity contribution in [3.05, 3.63) is 52.5 Å². The molecule has 4 aliphatic rings. The van der Waals surface area contributed by atoms with E-state index < -0.39 is 0 Å². The van der Waals surface area contributed by atoms with Crippen molar-refractivity contribution in [2.24, 2.45) is 0 Å². The maximum Gasteiger partial charge on any atom is 0.258 e. The van der Waals surface area contributed by atoms with Gasteiger partial charge in [-0.1, -0.05) is 11.6 Å². The zero-order chi connectivity index (χ0) is 22.5. The summed E-state index contributed by atoms with van der Waals surface area (Å²) in [6.45, 7) is 0.628. The molecule has 3 atom stereocenters. The second-order valence-corrected chi connectivity index (χ2v) is 11.2. The Labute approximate surface area is 204 Å². The molecular formula is C26H29ClN2O3S. The van der Waals surface area contributed by atoms with E-state index in [1.165, 1.54) is 12.8 Å². The summed E-state index contributed by atoms with van der Waals surface area (Å²) in [7, 11) is 2.23. The van der Waals surface area contributed by atoms with E-state index in [2.05, 4.69) is 11.9 Å². The Balaban J connectivity index is 1.15. The number of nitrogens with zero attached hydrogens (tertiary/aromatic N) is 2. The Morgan fingerprint density at radius 3 is 2.48 bits per heavy atom. The van der Waals surface area contributed by atoms with Gasteiger partial charge in [-0.2, -0.15) is 11.8 Å². The highest BCUT2D eigenvalue weighted by atomic mass is 35.5. The molecule has 0 unspecified atom stereocenters. The van der Waals surface area contributed by atoms with Crippen molar-refractivity contribution in [3.63, 3.8) is 0 Å². The van der Waals surface area contributed by atoms with Crippen LogP contribution in [0.5, 0.6) is 11.5 Å². The Morgan fingerprint density at radius 1 is 1.00 bits per heavy atom. The molecule has 5 nitrogen and oxygen atoms in total. The number of thioether (sulfide) groups is 1. The van der Waals surface area contributed by atoms with Crippen LogP contribution in [0.3, 0.4) is 0 Å². The number of rotatable bonds is 5. The van der Waals surface area contributed by atoms with Gasteiger partial charge >= 0.3 is 0 Å². The quantitative estimate of drug-likeness (QED) is 0.594. The monoisotopic (exact) mass is 484 g/mol. The largest absolute Gasteiger partial charge is 0.489 e. The Morgan fingerprint density at radius 2 is 1.79 bits per heavy atom. The minimum Gasteiger partial charge on any atom is -0.489 e. The first-order chi connectivity index (χ1) is 16.0. The van der Waals surface area contributed by atoms with Crippen molar-refractivity contribution in [1.29, 1.82) is 0 Å². The fourth-order valence-electron chi connectivity index (χ4n) is 5.65. The molecule has 4 aliphatic heterocycles. The third kappa shape index (κ3) is 4.11. The van der Waals surface area contributed by atoms with Gasteiger partial charge in [0.2, 0.25) is 0 Å². The van der Waals surface area contributed by atoms with Gasteiger partial charge in [-0.25, -0.2) is 0 Å². The smallest absolute Gasteiger partial charge is 0.258 e. The average Bonchev–Trinajstić information content (AvgIpc) is 2.98. The first-order valence-electron chi connectivity index (χ1n) is 11.9. The Hall–Kier alpha value is -1.89. The minimum absolute atomic E-state index is 0.0126. The number of ether oxygens (including phenoxy) is 2. The van der Waals surface area contributed by atoms with Gasteiger partial charge in [0.25, 0.3) is 5.91 Å². The van der Waals surface area contributed by atoms with Crippen LogP contribution in [0.2, 0.25) is 5.02 Å². The second kappa shape index (κ2) is 8.71.